The molecule has 2 aromatic carbocycles. The van der Waals surface area contributed by atoms with Gasteiger partial charge in [0.2, 0.25) is 0 Å². The van der Waals surface area contributed by atoms with Gasteiger partial charge in [-0.1, -0.05) is 42.5 Å². The number of H-pyrrole nitrogens is 1. The molecule has 3 rings (SSSR count). The molecule has 6 heteroatoms. The van der Waals surface area contributed by atoms with E-state index in [4.69, 9.17) is 0 Å². The predicted octanol–water partition coefficient (Wildman–Crippen LogP) is 2.74. The van der Waals surface area contributed by atoms with Crippen LogP contribution < -0.4 is 5.56 Å². The number of hydrogen-bond donors (Lipinski definition) is 1. The van der Waals surface area contributed by atoms with Crippen molar-refractivity contribution in [2.24, 2.45) is 0 Å². The third-order valence-corrected chi connectivity index (χ3v) is 3.13. The highest BCUT2D eigenvalue weighted by Gasteiger charge is 2.15. The predicted molar refractivity (Wildman–Crippen MR) is 78.5 cm³/mol. The highest BCUT2D eigenvalue weighted by atomic mass is 16.6. The Morgan fingerprint density at radius 3 is 2.38 bits per heavy atom. The number of hydrogen-bond acceptors (Lipinski definition) is 3. The summed E-state index contributed by atoms with van der Waals surface area (Å²) in [6.45, 7) is 0. The van der Waals surface area contributed by atoms with Crippen molar-refractivity contribution >= 4 is 5.69 Å². The first-order chi connectivity index (χ1) is 10.1. The van der Waals surface area contributed by atoms with Crippen LogP contribution in [0, 0.1) is 10.1 Å². The average Bonchev–Trinajstić information content (AvgIpc) is 2.91. The van der Waals surface area contributed by atoms with E-state index in [-0.39, 0.29) is 0 Å². The van der Waals surface area contributed by atoms with Crippen LogP contribution in [0.15, 0.2) is 65.6 Å². The SMILES string of the molecule is O=c1[nH]n(-c2cccc(-c3ccccc3)c2)cc1[N+](=O)[O-]. The fourth-order valence-corrected chi connectivity index (χ4v) is 2.11. The van der Waals surface area contributed by atoms with E-state index < -0.39 is 16.2 Å². The van der Waals surface area contributed by atoms with Crippen molar-refractivity contribution in [2.45, 2.75) is 0 Å². The lowest BCUT2D eigenvalue weighted by Crippen LogP contribution is -2.06. The van der Waals surface area contributed by atoms with Gasteiger partial charge in [-0.3, -0.25) is 24.7 Å². The zero-order chi connectivity index (χ0) is 14.8. The molecule has 0 bridgehead atoms. The van der Waals surface area contributed by atoms with E-state index in [9.17, 15) is 14.9 Å². The molecule has 0 aliphatic carbocycles. The Kier molecular flexibility index (Phi) is 3.12. The van der Waals surface area contributed by atoms with Crippen LogP contribution in [0.1, 0.15) is 0 Å². The third-order valence-electron chi connectivity index (χ3n) is 3.13. The molecule has 1 heterocycles. The van der Waals surface area contributed by atoms with Crippen molar-refractivity contribution in [3.8, 4) is 16.8 Å². The molecule has 0 radical (unpaired) electrons. The second-order valence-electron chi connectivity index (χ2n) is 4.50. The highest BCUT2D eigenvalue weighted by Crippen LogP contribution is 2.21. The minimum atomic E-state index is -0.717. The molecule has 21 heavy (non-hydrogen) atoms. The van der Waals surface area contributed by atoms with E-state index in [1.165, 1.54) is 10.9 Å². The van der Waals surface area contributed by atoms with Crippen molar-refractivity contribution < 1.29 is 4.92 Å². The number of benzene rings is 2. The molecule has 104 valence electrons. The Bertz CT molecular complexity index is 850. The fourth-order valence-electron chi connectivity index (χ4n) is 2.11. The second kappa shape index (κ2) is 5.09. The van der Waals surface area contributed by atoms with Gasteiger partial charge in [0.1, 0.15) is 6.20 Å². The maximum atomic E-state index is 11.5. The molecule has 0 amide bonds. The van der Waals surface area contributed by atoms with Crippen LogP contribution in [0.3, 0.4) is 0 Å². The largest absolute Gasteiger partial charge is 0.353 e. The van der Waals surface area contributed by atoms with Crippen LogP contribution in [0.5, 0.6) is 0 Å². The lowest BCUT2D eigenvalue weighted by atomic mass is 10.1. The monoisotopic (exact) mass is 281 g/mol. The summed E-state index contributed by atoms with van der Waals surface area (Å²) in [4.78, 5) is 21.5. The number of nitro groups is 1. The molecule has 6 nitrogen and oxygen atoms in total. The van der Waals surface area contributed by atoms with Crippen molar-refractivity contribution in [3.63, 3.8) is 0 Å². The number of aromatic nitrogens is 2. The van der Waals surface area contributed by atoms with E-state index in [0.29, 0.717) is 5.69 Å². The van der Waals surface area contributed by atoms with Gasteiger partial charge in [-0.2, -0.15) is 0 Å². The lowest BCUT2D eigenvalue weighted by Gasteiger charge is -2.05. The standard InChI is InChI=1S/C15H11N3O3/c19-15-14(18(20)21)10-17(16-15)13-8-4-7-12(9-13)11-5-2-1-3-6-11/h1-10H,(H,16,19). The molecular formula is C15H11N3O3. The summed E-state index contributed by atoms with van der Waals surface area (Å²) < 4.78 is 1.35. The van der Waals surface area contributed by atoms with Crippen molar-refractivity contribution in [2.75, 3.05) is 0 Å². The zero-order valence-corrected chi connectivity index (χ0v) is 10.9. The molecule has 1 N–H and O–H groups in total. The number of rotatable bonds is 3. The number of aromatic amines is 1. The van der Waals surface area contributed by atoms with Gasteiger partial charge in [0.15, 0.2) is 0 Å². The molecule has 0 aliphatic heterocycles. The Labute approximate surface area is 119 Å². The molecule has 0 unspecified atom stereocenters. The molecule has 0 aliphatic rings. The Morgan fingerprint density at radius 2 is 1.71 bits per heavy atom. The van der Waals surface area contributed by atoms with E-state index in [0.717, 1.165) is 11.1 Å². The summed E-state index contributed by atoms with van der Waals surface area (Å²) in [6.07, 6.45) is 1.19. The summed E-state index contributed by atoms with van der Waals surface area (Å²) in [5, 5.41) is 13.2. The number of nitrogens with zero attached hydrogens (tertiary/aromatic N) is 2. The first kappa shape index (κ1) is 12.9. The van der Waals surface area contributed by atoms with Crippen molar-refractivity contribution in [3.05, 3.63) is 81.3 Å². The average molecular weight is 281 g/mol. The molecule has 0 atom stereocenters. The first-order valence-electron chi connectivity index (χ1n) is 6.27. The highest BCUT2D eigenvalue weighted by molar-refractivity contribution is 5.65. The number of nitrogens with one attached hydrogen (secondary N) is 1. The summed E-state index contributed by atoms with van der Waals surface area (Å²) >= 11 is 0. The normalized spacial score (nSPS) is 10.5. The van der Waals surface area contributed by atoms with Gasteiger partial charge >= 0.3 is 11.2 Å². The molecule has 3 aromatic rings. The summed E-state index contributed by atoms with van der Waals surface area (Å²) in [6, 6.07) is 17.1. The second-order valence-corrected chi connectivity index (χ2v) is 4.50. The molecular weight excluding hydrogens is 270 g/mol. The van der Waals surface area contributed by atoms with Crippen LogP contribution in [0.25, 0.3) is 16.8 Å². The van der Waals surface area contributed by atoms with E-state index in [1.807, 2.05) is 48.5 Å². The van der Waals surface area contributed by atoms with E-state index >= 15 is 0 Å². The topological polar surface area (TPSA) is 80.9 Å². The van der Waals surface area contributed by atoms with Crippen molar-refractivity contribution in [1.29, 1.82) is 0 Å². The van der Waals surface area contributed by atoms with Gasteiger partial charge in [0.05, 0.1) is 10.6 Å². The van der Waals surface area contributed by atoms with Crippen LogP contribution in [-0.2, 0) is 0 Å². The maximum absolute atomic E-state index is 11.5. The molecule has 0 fully saturated rings. The summed E-state index contributed by atoms with van der Waals surface area (Å²) in [5.41, 5.74) is 1.46. The molecule has 0 saturated carbocycles. The van der Waals surface area contributed by atoms with Crippen LogP contribution in [0.2, 0.25) is 0 Å². The van der Waals surface area contributed by atoms with Crippen molar-refractivity contribution in [1.82, 2.24) is 9.78 Å². The quantitative estimate of drug-likeness (QED) is 0.592. The smallest absolute Gasteiger partial charge is 0.260 e. The summed E-state index contributed by atoms with van der Waals surface area (Å²) in [5.74, 6) is 0. The van der Waals surface area contributed by atoms with Crippen LogP contribution >= 0.6 is 0 Å². The minimum Gasteiger partial charge on any atom is -0.260 e. The van der Waals surface area contributed by atoms with Gasteiger partial charge in [-0.25, -0.2) is 0 Å². The van der Waals surface area contributed by atoms with Gasteiger partial charge < -0.3 is 0 Å². The Hall–Kier alpha value is -3.15. The van der Waals surface area contributed by atoms with Crippen LogP contribution in [-0.4, -0.2) is 14.7 Å². The Morgan fingerprint density at radius 1 is 1.00 bits per heavy atom. The van der Waals surface area contributed by atoms with Gasteiger partial charge in [0, 0.05) is 0 Å². The Balaban J connectivity index is 2.06. The first-order valence-corrected chi connectivity index (χ1v) is 6.27. The minimum absolute atomic E-state index is 0.472. The van der Waals surface area contributed by atoms with Gasteiger partial charge in [0.25, 0.3) is 0 Å². The van der Waals surface area contributed by atoms with E-state index in [1.54, 1.807) is 6.07 Å². The van der Waals surface area contributed by atoms with E-state index in [2.05, 4.69) is 5.10 Å². The molecule has 0 saturated heterocycles. The fraction of sp³-hybridized carbons (Fsp3) is 0. The molecule has 0 spiro atoms. The van der Waals surface area contributed by atoms with Gasteiger partial charge in [-0.05, 0) is 23.3 Å². The van der Waals surface area contributed by atoms with Gasteiger partial charge in [-0.15, -0.1) is 0 Å². The maximum Gasteiger partial charge on any atom is 0.353 e. The summed E-state index contributed by atoms with van der Waals surface area (Å²) in [7, 11) is 0. The zero-order valence-electron chi connectivity index (χ0n) is 10.9. The lowest BCUT2D eigenvalue weighted by molar-refractivity contribution is -0.386. The van der Waals surface area contributed by atoms with Crippen LogP contribution in [0.4, 0.5) is 5.69 Å². The molecule has 1 aromatic heterocycles. The third kappa shape index (κ3) is 2.46.